The van der Waals surface area contributed by atoms with Crippen LogP contribution >= 0.6 is 0 Å². The van der Waals surface area contributed by atoms with E-state index in [1.807, 2.05) is 36.2 Å². The van der Waals surface area contributed by atoms with E-state index in [2.05, 4.69) is 15.3 Å². The maximum atomic E-state index is 14.4. The van der Waals surface area contributed by atoms with Crippen molar-refractivity contribution in [3.8, 4) is 17.0 Å². The molecule has 0 amide bonds. The molecule has 0 spiro atoms. The van der Waals surface area contributed by atoms with Crippen LogP contribution in [0.3, 0.4) is 0 Å². The van der Waals surface area contributed by atoms with Gasteiger partial charge in [-0.3, -0.25) is 10.1 Å². The Morgan fingerprint density at radius 2 is 1.97 bits per heavy atom. The second-order valence-electron chi connectivity index (χ2n) is 8.70. The minimum atomic E-state index is -0.423. The van der Waals surface area contributed by atoms with Crippen LogP contribution in [0.25, 0.3) is 22.2 Å². The number of ether oxygens (including phenoxy) is 1. The van der Waals surface area contributed by atoms with Crippen molar-refractivity contribution < 1.29 is 14.1 Å². The van der Waals surface area contributed by atoms with Crippen LogP contribution in [0, 0.1) is 15.9 Å². The molecule has 0 atom stereocenters. The summed E-state index contributed by atoms with van der Waals surface area (Å²) >= 11 is 0. The highest BCUT2D eigenvalue weighted by molar-refractivity contribution is 5.95. The van der Waals surface area contributed by atoms with E-state index >= 15 is 0 Å². The van der Waals surface area contributed by atoms with E-state index in [0.29, 0.717) is 34.9 Å². The SMILES string of the molecule is COc1cc(N(C)CCN(C)C)c([N+](=O)[O-])cc1Nc1nccc(-c2cn(C)c3c(F)cccc23)n1. The van der Waals surface area contributed by atoms with Gasteiger partial charge in [-0.1, -0.05) is 12.1 Å². The molecule has 0 bridgehead atoms. The maximum absolute atomic E-state index is 14.4. The molecule has 0 unspecified atom stereocenters. The van der Waals surface area contributed by atoms with Gasteiger partial charge in [-0.15, -0.1) is 0 Å². The third-order valence-electron chi connectivity index (χ3n) is 5.92. The van der Waals surface area contributed by atoms with Crippen LogP contribution < -0.4 is 15.0 Å². The fourth-order valence-corrected chi connectivity index (χ4v) is 4.06. The number of nitrogens with zero attached hydrogens (tertiary/aromatic N) is 6. The number of hydrogen-bond donors (Lipinski definition) is 1. The standard InChI is InChI=1S/C25H28FN7O3/c1-30(2)11-12-31(3)21-14-23(36-5)20(13-22(21)33(34)35)29-25-27-10-9-19(28-25)17-15-32(4)24-16(17)7-6-8-18(24)26/h6-10,13-15H,11-12H2,1-5H3,(H,27,28,29). The molecular weight excluding hydrogens is 465 g/mol. The molecule has 0 aliphatic heterocycles. The van der Waals surface area contributed by atoms with E-state index < -0.39 is 4.92 Å². The van der Waals surface area contributed by atoms with Crippen molar-refractivity contribution in [1.82, 2.24) is 19.4 Å². The number of fused-ring (bicyclic) bond motifs is 1. The quantitative estimate of drug-likeness (QED) is 0.270. The van der Waals surface area contributed by atoms with Crippen molar-refractivity contribution in [1.29, 1.82) is 0 Å². The molecule has 36 heavy (non-hydrogen) atoms. The van der Waals surface area contributed by atoms with Crippen LogP contribution in [0.15, 0.2) is 48.8 Å². The lowest BCUT2D eigenvalue weighted by molar-refractivity contribution is -0.384. The maximum Gasteiger partial charge on any atom is 0.294 e. The molecule has 0 aliphatic carbocycles. The van der Waals surface area contributed by atoms with E-state index in [-0.39, 0.29) is 17.5 Å². The number of halogens is 1. The summed E-state index contributed by atoms with van der Waals surface area (Å²) < 4.78 is 21.6. The zero-order valence-corrected chi connectivity index (χ0v) is 20.8. The number of benzene rings is 2. The number of hydrogen-bond acceptors (Lipinski definition) is 8. The van der Waals surface area contributed by atoms with Gasteiger partial charge in [0.2, 0.25) is 5.95 Å². The first-order chi connectivity index (χ1) is 17.2. The van der Waals surface area contributed by atoms with E-state index in [1.165, 1.54) is 19.2 Å². The smallest absolute Gasteiger partial charge is 0.294 e. The highest BCUT2D eigenvalue weighted by Crippen LogP contribution is 2.39. The summed E-state index contributed by atoms with van der Waals surface area (Å²) in [6.45, 7) is 1.33. The number of likely N-dealkylation sites (N-methyl/N-ethyl adjacent to an activating group) is 2. The first-order valence-electron chi connectivity index (χ1n) is 11.3. The fraction of sp³-hybridized carbons (Fsp3) is 0.280. The zero-order chi connectivity index (χ0) is 26.0. The highest BCUT2D eigenvalue weighted by Gasteiger charge is 2.22. The van der Waals surface area contributed by atoms with Crippen LogP contribution in [-0.2, 0) is 7.05 Å². The lowest BCUT2D eigenvalue weighted by Crippen LogP contribution is -2.28. The second kappa shape index (κ2) is 10.2. The van der Waals surface area contributed by atoms with E-state index in [4.69, 9.17) is 4.74 Å². The van der Waals surface area contributed by atoms with Crippen LogP contribution in [0.4, 0.5) is 27.4 Å². The molecular formula is C25H28FN7O3. The number of methoxy groups -OCH3 is 1. The van der Waals surface area contributed by atoms with Gasteiger partial charge in [0.15, 0.2) is 0 Å². The summed E-state index contributed by atoms with van der Waals surface area (Å²) in [5, 5.41) is 15.7. The van der Waals surface area contributed by atoms with Gasteiger partial charge in [0.1, 0.15) is 17.3 Å². The van der Waals surface area contributed by atoms with Gasteiger partial charge < -0.3 is 24.4 Å². The molecule has 0 saturated heterocycles. The van der Waals surface area contributed by atoms with Crippen molar-refractivity contribution in [2.45, 2.75) is 0 Å². The normalized spacial score (nSPS) is 11.2. The molecule has 11 heteroatoms. The third kappa shape index (κ3) is 4.91. The van der Waals surface area contributed by atoms with Gasteiger partial charge in [-0.2, -0.15) is 0 Å². The molecule has 1 N–H and O–H groups in total. The number of nitrogens with one attached hydrogen (secondary N) is 1. The summed E-state index contributed by atoms with van der Waals surface area (Å²) in [5.41, 5.74) is 2.53. The van der Waals surface area contributed by atoms with E-state index in [1.54, 1.807) is 43.1 Å². The summed E-state index contributed by atoms with van der Waals surface area (Å²) in [6.07, 6.45) is 3.39. The van der Waals surface area contributed by atoms with E-state index in [9.17, 15) is 14.5 Å². The Hall–Kier alpha value is -4.25. The Morgan fingerprint density at radius 3 is 2.67 bits per heavy atom. The average molecular weight is 494 g/mol. The van der Waals surface area contributed by atoms with Gasteiger partial charge in [-0.25, -0.2) is 14.4 Å². The van der Waals surface area contributed by atoms with Gasteiger partial charge in [-0.05, 0) is 26.2 Å². The Balaban J connectivity index is 1.71. The Labute approximate surface area is 208 Å². The monoisotopic (exact) mass is 493 g/mol. The molecule has 0 fully saturated rings. The third-order valence-corrected chi connectivity index (χ3v) is 5.92. The molecule has 10 nitrogen and oxygen atoms in total. The van der Waals surface area contributed by atoms with Crippen molar-refractivity contribution in [2.24, 2.45) is 7.05 Å². The van der Waals surface area contributed by atoms with Crippen molar-refractivity contribution in [3.63, 3.8) is 0 Å². The molecule has 2 aromatic heterocycles. The summed E-state index contributed by atoms with van der Waals surface area (Å²) in [7, 11) is 8.96. The molecule has 0 saturated carbocycles. The zero-order valence-electron chi connectivity index (χ0n) is 20.8. The fourth-order valence-electron chi connectivity index (χ4n) is 4.06. The van der Waals surface area contributed by atoms with Crippen molar-refractivity contribution >= 4 is 33.9 Å². The first kappa shape index (κ1) is 24.9. The Bertz CT molecular complexity index is 1420. The van der Waals surface area contributed by atoms with Crippen molar-refractivity contribution in [2.75, 3.05) is 51.6 Å². The molecule has 188 valence electrons. The van der Waals surface area contributed by atoms with Crippen LogP contribution in [0.5, 0.6) is 5.75 Å². The van der Waals surface area contributed by atoms with Crippen LogP contribution in [0.2, 0.25) is 0 Å². The minimum Gasteiger partial charge on any atom is -0.494 e. The predicted octanol–water partition coefficient (Wildman–Crippen LogP) is 4.43. The number of anilines is 3. The Morgan fingerprint density at radius 1 is 1.19 bits per heavy atom. The molecule has 4 rings (SSSR count). The van der Waals surface area contributed by atoms with Gasteiger partial charge in [0.05, 0.1) is 28.9 Å². The van der Waals surface area contributed by atoms with Gasteiger partial charge in [0, 0.05) is 62.7 Å². The number of rotatable bonds is 9. The summed E-state index contributed by atoms with van der Waals surface area (Å²) in [6, 6.07) is 9.69. The number of nitro benzene ring substituents is 1. The topological polar surface area (TPSA) is 102 Å². The Kier molecular flexibility index (Phi) is 7.02. The number of para-hydroxylation sites is 1. The molecule has 0 aliphatic rings. The predicted molar refractivity (Wildman–Crippen MR) is 139 cm³/mol. The molecule has 2 aromatic carbocycles. The van der Waals surface area contributed by atoms with Crippen LogP contribution in [0.1, 0.15) is 0 Å². The van der Waals surface area contributed by atoms with Crippen molar-refractivity contribution in [3.05, 3.63) is 64.7 Å². The number of nitro groups is 1. The second-order valence-corrected chi connectivity index (χ2v) is 8.70. The molecule has 4 aromatic rings. The molecule has 2 heterocycles. The average Bonchev–Trinajstić information content (AvgIpc) is 3.20. The number of aryl methyl sites for hydroxylation is 1. The lowest BCUT2D eigenvalue weighted by atomic mass is 10.1. The summed E-state index contributed by atoms with van der Waals surface area (Å²) in [4.78, 5) is 24.2. The van der Waals surface area contributed by atoms with Gasteiger partial charge in [0.25, 0.3) is 5.69 Å². The minimum absolute atomic E-state index is 0.0692. The summed E-state index contributed by atoms with van der Waals surface area (Å²) in [5.74, 6) is 0.317. The molecule has 0 radical (unpaired) electrons. The van der Waals surface area contributed by atoms with E-state index in [0.717, 1.165) is 17.5 Å². The largest absolute Gasteiger partial charge is 0.494 e. The highest BCUT2D eigenvalue weighted by atomic mass is 19.1. The van der Waals surface area contributed by atoms with Gasteiger partial charge >= 0.3 is 0 Å². The lowest BCUT2D eigenvalue weighted by Gasteiger charge is -2.22. The first-order valence-corrected chi connectivity index (χ1v) is 11.3. The number of aromatic nitrogens is 3. The van der Waals surface area contributed by atoms with Crippen LogP contribution in [-0.4, -0.2) is 65.7 Å².